The van der Waals surface area contributed by atoms with E-state index in [2.05, 4.69) is 6.92 Å². The third-order valence-electron chi connectivity index (χ3n) is 7.17. The number of unbranched alkanes of at least 4 members (excludes halogenated alkanes) is 1. The molecule has 3 rings (SSSR count). The first kappa shape index (κ1) is 24.0. The SMILES string of the molecule is CCCCOc1ccc(C(=O)OC2CCC(C3CCC(CCC)C(F)(F)C3)CC2)cc1. The van der Waals surface area contributed by atoms with E-state index in [1.807, 2.05) is 6.92 Å². The van der Waals surface area contributed by atoms with E-state index in [0.717, 1.165) is 57.1 Å². The maximum absolute atomic E-state index is 14.5. The Kier molecular flexibility index (Phi) is 8.74. The van der Waals surface area contributed by atoms with Crippen molar-refractivity contribution in [3.05, 3.63) is 29.8 Å². The van der Waals surface area contributed by atoms with E-state index in [9.17, 15) is 13.6 Å². The molecule has 2 unspecified atom stereocenters. The molecule has 1 aromatic rings. The molecule has 2 aliphatic carbocycles. The highest BCUT2D eigenvalue weighted by atomic mass is 19.3. The van der Waals surface area contributed by atoms with Crippen LogP contribution in [-0.4, -0.2) is 24.6 Å². The Bertz CT molecular complexity index is 680. The van der Waals surface area contributed by atoms with Crippen molar-refractivity contribution in [2.75, 3.05) is 6.61 Å². The maximum Gasteiger partial charge on any atom is 0.338 e. The van der Waals surface area contributed by atoms with Crippen molar-refractivity contribution < 1.29 is 23.0 Å². The quantitative estimate of drug-likeness (QED) is 0.298. The molecule has 0 amide bonds. The van der Waals surface area contributed by atoms with Crippen molar-refractivity contribution in [2.45, 2.75) is 96.5 Å². The molecule has 0 saturated heterocycles. The third kappa shape index (κ3) is 6.66. The van der Waals surface area contributed by atoms with Gasteiger partial charge in [0.1, 0.15) is 11.9 Å². The van der Waals surface area contributed by atoms with Crippen molar-refractivity contribution >= 4 is 5.97 Å². The minimum absolute atomic E-state index is 0.0411. The largest absolute Gasteiger partial charge is 0.494 e. The molecule has 0 N–H and O–H groups in total. The summed E-state index contributed by atoms with van der Waals surface area (Å²) in [5.74, 6) is -2.06. The lowest BCUT2D eigenvalue weighted by molar-refractivity contribution is -0.115. The number of esters is 1. The predicted octanol–water partition coefficient (Wildman–Crippen LogP) is 7.43. The van der Waals surface area contributed by atoms with E-state index in [0.29, 0.717) is 30.9 Å². The van der Waals surface area contributed by atoms with Gasteiger partial charge in [-0.3, -0.25) is 0 Å². The van der Waals surface area contributed by atoms with Gasteiger partial charge in [0.25, 0.3) is 5.92 Å². The molecular weight excluding hydrogens is 398 g/mol. The van der Waals surface area contributed by atoms with Gasteiger partial charge >= 0.3 is 5.97 Å². The van der Waals surface area contributed by atoms with Gasteiger partial charge in [-0.25, -0.2) is 13.6 Å². The number of rotatable bonds is 9. The average Bonchev–Trinajstić information content (AvgIpc) is 2.76. The van der Waals surface area contributed by atoms with Crippen LogP contribution in [0.1, 0.15) is 94.8 Å². The van der Waals surface area contributed by atoms with Crippen LogP contribution in [0, 0.1) is 17.8 Å². The number of carbonyl (C=O) groups excluding carboxylic acids is 1. The van der Waals surface area contributed by atoms with Gasteiger partial charge < -0.3 is 9.47 Å². The van der Waals surface area contributed by atoms with E-state index in [-0.39, 0.29) is 24.4 Å². The molecule has 2 fully saturated rings. The Hall–Kier alpha value is -1.65. The second-order valence-corrected chi connectivity index (χ2v) is 9.46. The normalized spacial score (nSPS) is 28.1. The molecular formula is C26H38F2O3. The van der Waals surface area contributed by atoms with Crippen molar-refractivity contribution in [1.29, 1.82) is 0 Å². The fraction of sp³-hybridized carbons (Fsp3) is 0.731. The summed E-state index contributed by atoms with van der Waals surface area (Å²) in [6.07, 6.45) is 8.35. The van der Waals surface area contributed by atoms with Crippen LogP contribution in [0.2, 0.25) is 0 Å². The molecule has 0 aromatic heterocycles. The molecule has 2 aliphatic rings. The van der Waals surface area contributed by atoms with Crippen LogP contribution in [0.5, 0.6) is 5.75 Å². The van der Waals surface area contributed by atoms with Gasteiger partial charge in [-0.2, -0.15) is 0 Å². The molecule has 3 nitrogen and oxygen atoms in total. The smallest absolute Gasteiger partial charge is 0.338 e. The maximum atomic E-state index is 14.5. The molecule has 0 bridgehead atoms. The number of hydrogen-bond donors (Lipinski definition) is 0. The monoisotopic (exact) mass is 436 g/mol. The molecule has 0 spiro atoms. The van der Waals surface area contributed by atoms with Gasteiger partial charge in [0.15, 0.2) is 0 Å². The first-order valence-corrected chi connectivity index (χ1v) is 12.2. The van der Waals surface area contributed by atoms with Crippen LogP contribution in [0.15, 0.2) is 24.3 Å². The molecule has 174 valence electrons. The van der Waals surface area contributed by atoms with Gasteiger partial charge in [0.2, 0.25) is 0 Å². The highest BCUT2D eigenvalue weighted by Gasteiger charge is 2.46. The number of halogens is 2. The lowest BCUT2D eigenvalue weighted by Crippen LogP contribution is -2.39. The molecule has 0 heterocycles. The first-order valence-electron chi connectivity index (χ1n) is 12.2. The van der Waals surface area contributed by atoms with Gasteiger partial charge in [-0.1, -0.05) is 26.7 Å². The van der Waals surface area contributed by atoms with Crippen LogP contribution >= 0.6 is 0 Å². The molecule has 2 saturated carbocycles. The van der Waals surface area contributed by atoms with Gasteiger partial charge in [0.05, 0.1) is 12.2 Å². The van der Waals surface area contributed by atoms with Gasteiger partial charge in [-0.15, -0.1) is 0 Å². The van der Waals surface area contributed by atoms with E-state index < -0.39 is 11.8 Å². The van der Waals surface area contributed by atoms with Gasteiger partial charge in [-0.05, 0) is 87.5 Å². The predicted molar refractivity (Wildman–Crippen MR) is 119 cm³/mol. The second-order valence-electron chi connectivity index (χ2n) is 9.46. The topological polar surface area (TPSA) is 35.5 Å². The third-order valence-corrected chi connectivity index (χ3v) is 7.17. The highest BCUT2D eigenvalue weighted by molar-refractivity contribution is 5.89. The number of alkyl halides is 2. The molecule has 0 aliphatic heterocycles. The van der Waals surface area contributed by atoms with Crippen LogP contribution in [0.4, 0.5) is 8.78 Å². The van der Waals surface area contributed by atoms with E-state index >= 15 is 0 Å². The number of carbonyl (C=O) groups is 1. The fourth-order valence-corrected chi connectivity index (χ4v) is 5.27. The number of hydrogen-bond acceptors (Lipinski definition) is 3. The zero-order valence-electron chi connectivity index (χ0n) is 19.1. The summed E-state index contributed by atoms with van der Waals surface area (Å²) in [6, 6.07) is 7.09. The number of benzene rings is 1. The lowest BCUT2D eigenvalue weighted by atomic mass is 9.68. The first-order chi connectivity index (χ1) is 14.9. The van der Waals surface area contributed by atoms with Crippen molar-refractivity contribution in [3.8, 4) is 5.75 Å². The minimum Gasteiger partial charge on any atom is -0.494 e. The molecule has 0 radical (unpaired) electrons. The summed E-state index contributed by atoms with van der Waals surface area (Å²) >= 11 is 0. The molecule has 5 heteroatoms. The average molecular weight is 437 g/mol. The van der Waals surface area contributed by atoms with E-state index in [1.54, 1.807) is 24.3 Å². The van der Waals surface area contributed by atoms with Crippen molar-refractivity contribution in [2.24, 2.45) is 17.8 Å². The Morgan fingerprint density at radius 3 is 2.26 bits per heavy atom. The lowest BCUT2D eigenvalue weighted by Gasteiger charge is -2.41. The van der Waals surface area contributed by atoms with Crippen LogP contribution in [-0.2, 0) is 4.74 Å². The summed E-state index contributed by atoms with van der Waals surface area (Å²) in [7, 11) is 0. The summed E-state index contributed by atoms with van der Waals surface area (Å²) in [5.41, 5.74) is 0.527. The fourth-order valence-electron chi connectivity index (χ4n) is 5.27. The Morgan fingerprint density at radius 2 is 1.65 bits per heavy atom. The van der Waals surface area contributed by atoms with Crippen LogP contribution in [0.3, 0.4) is 0 Å². The molecule has 31 heavy (non-hydrogen) atoms. The molecule has 2 atom stereocenters. The Morgan fingerprint density at radius 1 is 0.968 bits per heavy atom. The van der Waals surface area contributed by atoms with Gasteiger partial charge in [0, 0.05) is 12.3 Å². The Labute approximate surface area is 185 Å². The summed E-state index contributed by atoms with van der Waals surface area (Å²) in [5, 5.41) is 0. The Balaban J connectivity index is 1.43. The second kappa shape index (κ2) is 11.3. The van der Waals surface area contributed by atoms with E-state index in [4.69, 9.17) is 9.47 Å². The summed E-state index contributed by atoms with van der Waals surface area (Å²) in [6.45, 7) is 4.78. The molecule has 1 aromatic carbocycles. The van der Waals surface area contributed by atoms with Crippen LogP contribution < -0.4 is 4.74 Å². The standard InChI is InChI=1S/C26H38F2O3/c1-3-5-17-30-23-13-10-20(11-14-23)25(29)31-24-15-8-19(9-16-24)21-7-12-22(6-4-2)26(27,28)18-21/h10-11,13-14,19,21-22,24H,3-9,12,15-18H2,1-2H3. The summed E-state index contributed by atoms with van der Waals surface area (Å²) in [4.78, 5) is 12.5. The zero-order valence-corrected chi connectivity index (χ0v) is 19.1. The van der Waals surface area contributed by atoms with Crippen LogP contribution in [0.25, 0.3) is 0 Å². The van der Waals surface area contributed by atoms with Crippen molar-refractivity contribution in [1.82, 2.24) is 0 Å². The minimum atomic E-state index is -2.52. The van der Waals surface area contributed by atoms with E-state index in [1.165, 1.54) is 0 Å². The van der Waals surface area contributed by atoms with Crippen molar-refractivity contribution in [3.63, 3.8) is 0 Å². The zero-order chi connectivity index (χ0) is 22.3. The number of ether oxygens (including phenoxy) is 2. The summed E-state index contributed by atoms with van der Waals surface area (Å²) < 4.78 is 40.4. The highest BCUT2D eigenvalue weighted by Crippen LogP contribution is 2.48.